The Hall–Kier alpha value is -2.51. The fourth-order valence-corrected chi connectivity index (χ4v) is 2.14. The number of rotatable bonds is 2. The minimum Gasteiger partial charge on any atom is -0.478 e. The maximum Gasteiger partial charge on any atom is 0.417 e. The zero-order valence-corrected chi connectivity index (χ0v) is 11.2. The van der Waals surface area contributed by atoms with Crippen LogP contribution in [0.15, 0.2) is 42.5 Å². The summed E-state index contributed by atoms with van der Waals surface area (Å²) in [5.74, 6) is -1.75. The van der Waals surface area contributed by atoms with Gasteiger partial charge < -0.3 is 5.11 Å². The van der Waals surface area contributed by atoms with Crippen LogP contribution in [0.5, 0.6) is 0 Å². The van der Waals surface area contributed by atoms with Gasteiger partial charge in [-0.25, -0.2) is 4.79 Å². The number of carbonyl (C=O) groups is 1. The molecule has 0 amide bonds. The first-order valence-corrected chi connectivity index (χ1v) is 6.13. The summed E-state index contributed by atoms with van der Waals surface area (Å²) in [6.45, 7) is 0. The third-order valence-electron chi connectivity index (χ3n) is 3.06. The molecule has 23 heavy (non-hydrogen) atoms. The number of carboxylic acid groups (broad SMARTS) is 1. The molecule has 0 aromatic heterocycles. The summed E-state index contributed by atoms with van der Waals surface area (Å²) in [6.07, 6.45) is -10.6. The van der Waals surface area contributed by atoms with E-state index in [4.69, 9.17) is 5.11 Å². The number of hydrogen-bond donors (Lipinski definition) is 1. The molecule has 0 aliphatic carbocycles. The van der Waals surface area contributed by atoms with Crippen LogP contribution >= 0.6 is 0 Å². The van der Waals surface area contributed by atoms with Gasteiger partial charge in [-0.05, 0) is 23.3 Å². The molecule has 0 atom stereocenters. The predicted molar refractivity (Wildman–Crippen MR) is 68.8 cm³/mol. The van der Waals surface area contributed by atoms with Gasteiger partial charge in [0.1, 0.15) is 0 Å². The Kier molecular flexibility index (Phi) is 4.10. The molecule has 2 aromatic rings. The van der Waals surface area contributed by atoms with Crippen molar-refractivity contribution >= 4 is 5.97 Å². The average Bonchev–Trinajstić information content (AvgIpc) is 2.44. The van der Waals surface area contributed by atoms with Crippen LogP contribution in [-0.2, 0) is 12.4 Å². The summed E-state index contributed by atoms with van der Waals surface area (Å²) in [5, 5.41) is 8.89. The monoisotopic (exact) mass is 334 g/mol. The van der Waals surface area contributed by atoms with Gasteiger partial charge in [-0.15, -0.1) is 0 Å². The van der Waals surface area contributed by atoms with Crippen molar-refractivity contribution in [3.05, 3.63) is 59.2 Å². The van der Waals surface area contributed by atoms with Crippen molar-refractivity contribution in [1.29, 1.82) is 0 Å². The van der Waals surface area contributed by atoms with E-state index in [1.54, 1.807) is 0 Å². The lowest BCUT2D eigenvalue weighted by Crippen LogP contribution is -2.19. The normalized spacial score (nSPS) is 12.3. The lowest BCUT2D eigenvalue weighted by atomic mass is 9.92. The highest BCUT2D eigenvalue weighted by molar-refractivity contribution is 5.90. The topological polar surface area (TPSA) is 37.3 Å². The van der Waals surface area contributed by atoms with Crippen molar-refractivity contribution in [2.45, 2.75) is 12.4 Å². The van der Waals surface area contributed by atoms with E-state index in [1.807, 2.05) is 0 Å². The first-order valence-electron chi connectivity index (χ1n) is 6.13. The molecule has 1 N–H and O–H groups in total. The van der Waals surface area contributed by atoms with Crippen LogP contribution in [0.2, 0.25) is 0 Å². The van der Waals surface area contributed by atoms with E-state index in [0.717, 1.165) is 0 Å². The molecular weight excluding hydrogens is 326 g/mol. The zero-order chi connectivity index (χ0) is 17.4. The number of alkyl halides is 6. The van der Waals surface area contributed by atoms with E-state index in [9.17, 15) is 31.1 Å². The Morgan fingerprint density at radius 2 is 1.43 bits per heavy atom. The summed E-state index contributed by atoms with van der Waals surface area (Å²) in [7, 11) is 0. The third-order valence-corrected chi connectivity index (χ3v) is 3.06. The second kappa shape index (κ2) is 5.60. The van der Waals surface area contributed by atoms with E-state index in [1.165, 1.54) is 30.3 Å². The molecule has 2 nitrogen and oxygen atoms in total. The molecule has 0 radical (unpaired) electrons. The summed E-state index contributed by atoms with van der Waals surface area (Å²) >= 11 is 0. The van der Waals surface area contributed by atoms with Gasteiger partial charge in [0.25, 0.3) is 0 Å². The SMILES string of the molecule is O=C(O)c1cc(-c2ccccc2)c(C(F)(F)F)c(C(F)(F)F)c1. The maximum absolute atomic E-state index is 13.2. The highest BCUT2D eigenvalue weighted by Crippen LogP contribution is 2.45. The quantitative estimate of drug-likeness (QED) is 0.777. The van der Waals surface area contributed by atoms with Crippen LogP contribution in [0, 0.1) is 0 Å². The van der Waals surface area contributed by atoms with Crippen molar-refractivity contribution in [3.63, 3.8) is 0 Å². The fourth-order valence-electron chi connectivity index (χ4n) is 2.14. The van der Waals surface area contributed by atoms with Crippen LogP contribution in [-0.4, -0.2) is 11.1 Å². The molecule has 0 saturated carbocycles. The number of hydrogen-bond acceptors (Lipinski definition) is 1. The van der Waals surface area contributed by atoms with Crippen molar-refractivity contribution in [3.8, 4) is 11.1 Å². The first kappa shape index (κ1) is 16.9. The maximum atomic E-state index is 13.2. The molecule has 0 aliphatic rings. The molecule has 0 heterocycles. The van der Waals surface area contributed by atoms with Crippen LogP contribution in [0.3, 0.4) is 0 Å². The molecule has 0 bridgehead atoms. The Balaban J connectivity index is 2.93. The molecule has 0 unspecified atom stereocenters. The molecular formula is C15H8F6O2. The Morgan fingerprint density at radius 1 is 0.870 bits per heavy atom. The van der Waals surface area contributed by atoms with Gasteiger partial charge in [-0.3, -0.25) is 0 Å². The van der Waals surface area contributed by atoms with Gasteiger partial charge >= 0.3 is 18.3 Å². The van der Waals surface area contributed by atoms with E-state index in [-0.39, 0.29) is 11.6 Å². The highest BCUT2D eigenvalue weighted by atomic mass is 19.4. The smallest absolute Gasteiger partial charge is 0.417 e. The predicted octanol–water partition coefficient (Wildman–Crippen LogP) is 5.09. The van der Waals surface area contributed by atoms with Crippen molar-refractivity contribution in [2.24, 2.45) is 0 Å². The summed E-state index contributed by atoms with van der Waals surface area (Å²) < 4.78 is 78.7. The largest absolute Gasteiger partial charge is 0.478 e. The van der Waals surface area contributed by atoms with Crippen LogP contribution in [0.25, 0.3) is 11.1 Å². The summed E-state index contributed by atoms with van der Waals surface area (Å²) in [5.41, 5.74) is -5.78. The van der Waals surface area contributed by atoms with Crippen molar-refractivity contribution < 1.29 is 36.2 Å². The molecule has 0 spiro atoms. The molecule has 122 valence electrons. The Labute approximate surface area is 126 Å². The zero-order valence-electron chi connectivity index (χ0n) is 11.2. The highest BCUT2D eigenvalue weighted by Gasteiger charge is 2.45. The van der Waals surface area contributed by atoms with E-state index in [0.29, 0.717) is 6.07 Å². The fraction of sp³-hybridized carbons (Fsp3) is 0.133. The minimum atomic E-state index is -5.35. The summed E-state index contributed by atoms with van der Waals surface area (Å²) in [4.78, 5) is 11.0. The second-order valence-electron chi connectivity index (χ2n) is 4.61. The minimum absolute atomic E-state index is 0.00238. The average molecular weight is 334 g/mol. The molecule has 8 heteroatoms. The molecule has 2 rings (SSSR count). The van der Waals surface area contributed by atoms with E-state index < -0.39 is 40.6 Å². The Bertz CT molecular complexity index is 732. The van der Waals surface area contributed by atoms with Gasteiger partial charge in [0.2, 0.25) is 0 Å². The number of halogens is 6. The van der Waals surface area contributed by atoms with Gasteiger partial charge in [-0.1, -0.05) is 30.3 Å². The lowest BCUT2D eigenvalue weighted by Gasteiger charge is -2.20. The number of benzene rings is 2. The first-order chi connectivity index (χ1) is 10.5. The molecule has 0 saturated heterocycles. The number of aromatic carboxylic acids is 1. The van der Waals surface area contributed by atoms with E-state index in [2.05, 4.69) is 0 Å². The summed E-state index contributed by atoms with van der Waals surface area (Å²) in [6, 6.07) is 7.11. The molecule has 0 aliphatic heterocycles. The van der Waals surface area contributed by atoms with Crippen LogP contribution in [0.1, 0.15) is 21.5 Å². The molecule has 0 fully saturated rings. The van der Waals surface area contributed by atoms with Gasteiger partial charge in [0.15, 0.2) is 0 Å². The standard InChI is InChI=1S/C15H8F6O2/c16-14(17,18)11-7-9(13(22)23)6-10(12(11)15(19,20)21)8-4-2-1-3-5-8/h1-7H,(H,22,23). The van der Waals surface area contributed by atoms with Crippen LogP contribution in [0.4, 0.5) is 26.3 Å². The van der Waals surface area contributed by atoms with Gasteiger partial charge in [-0.2, -0.15) is 26.3 Å². The van der Waals surface area contributed by atoms with Crippen molar-refractivity contribution in [1.82, 2.24) is 0 Å². The van der Waals surface area contributed by atoms with Gasteiger partial charge in [0, 0.05) is 0 Å². The lowest BCUT2D eigenvalue weighted by molar-refractivity contribution is -0.161. The van der Waals surface area contributed by atoms with E-state index >= 15 is 0 Å². The third kappa shape index (κ3) is 3.46. The second-order valence-corrected chi connectivity index (χ2v) is 4.61. The Morgan fingerprint density at radius 3 is 1.87 bits per heavy atom. The van der Waals surface area contributed by atoms with Gasteiger partial charge in [0.05, 0.1) is 16.7 Å². The molecule has 2 aromatic carbocycles. The van der Waals surface area contributed by atoms with Crippen LogP contribution < -0.4 is 0 Å². The number of carboxylic acids is 1. The van der Waals surface area contributed by atoms with Crippen molar-refractivity contribution in [2.75, 3.05) is 0 Å².